The van der Waals surface area contributed by atoms with E-state index >= 15 is 0 Å². The standard InChI is InChI=1S/C16H22N2O2/c1-16(2,3)15(20)17-12-7-6-8-13(11-12)18-10-5-4-9-14(18)19/h6-8,11H,4-5,9-10H2,1-3H3,(H,17,20). The van der Waals surface area contributed by atoms with Crippen molar-refractivity contribution in [2.75, 3.05) is 16.8 Å². The average Bonchev–Trinajstić information content (AvgIpc) is 2.38. The zero-order chi connectivity index (χ0) is 14.8. The van der Waals surface area contributed by atoms with Crippen LogP contribution >= 0.6 is 0 Å². The minimum atomic E-state index is -0.434. The van der Waals surface area contributed by atoms with Crippen molar-refractivity contribution < 1.29 is 9.59 Å². The van der Waals surface area contributed by atoms with Gasteiger partial charge in [0.1, 0.15) is 0 Å². The lowest BCUT2D eigenvalue weighted by Gasteiger charge is -2.27. The molecule has 0 atom stereocenters. The van der Waals surface area contributed by atoms with E-state index in [-0.39, 0.29) is 11.8 Å². The monoisotopic (exact) mass is 274 g/mol. The molecule has 1 fully saturated rings. The van der Waals surface area contributed by atoms with Gasteiger partial charge >= 0.3 is 0 Å². The zero-order valence-corrected chi connectivity index (χ0v) is 12.4. The first-order chi connectivity index (χ1) is 9.38. The molecule has 0 radical (unpaired) electrons. The van der Waals surface area contributed by atoms with Gasteiger partial charge in [0, 0.05) is 29.8 Å². The van der Waals surface area contributed by atoms with E-state index < -0.39 is 5.41 Å². The summed E-state index contributed by atoms with van der Waals surface area (Å²) in [5.74, 6) is 0.134. The highest BCUT2D eigenvalue weighted by molar-refractivity contribution is 5.97. The number of nitrogens with zero attached hydrogens (tertiary/aromatic N) is 1. The number of carbonyl (C=O) groups excluding carboxylic acids is 2. The molecule has 20 heavy (non-hydrogen) atoms. The van der Waals surface area contributed by atoms with Gasteiger partial charge in [-0.05, 0) is 31.0 Å². The van der Waals surface area contributed by atoms with E-state index in [0.29, 0.717) is 6.42 Å². The topological polar surface area (TPSA) is 49.4 Å². The van der Waals surface area contributed by atoms with Crippen LogP contribution in [-0.4, -0.2) is 18.4 Å². The second-order valence-corrected chi connectivity index (χ2v) is 6.26. The molecule has 2 rings (SSSR count). The van der Waals surface area contributed by atoms with Crippen molar-refractivity contribution in [1.82, 2.24) is 0 Å². The van der Waals surface area contributed by atoms with Gasteiger partial charge in [-0.1, -0.05) is 26.8 Å². The van der Waals surface area contributed by atoms with E-state index in [4.69, 9.17) is 0 Å². The second kappa shape index (κ2) is 5.65. The van der Waals surface area contributed by atoms with Crippen molar-refractivity contribution in [1.29, 1.82) is 0 Å². The molecule has 1 aliphatic heterocycles. The number of hydrogen-bond donors (Lipinski definition) is 1. The maximum Gasteiger partial charge on any atom is 0.229 e. The predicted octanol–water partition coefficient (Wildman–Crippen LogP) is 3.19. The lowest BCUT2D eigenvalue weighted by Crippen LogP contribution is -2.35. The SMILES string of the molecule is CC(C)(C)C(=O)Nc1cccc(N2CCCCC2=O)c1. The van der Waals surface area contributed by atoms with Crippen molar-refractivity contribution in [2.24, 2.45) is 5.41 Å². The minimum Gasteiger partial charge on any atom is -0.326 e. The van der Waals surface area contributed by atoms with Gasteiger partial charge in [-0.15, -0.1) is 0 Å². The molecular formula is C16H22N2O2. The van der Waals surface area contributed by atoms with E-state index in [1.165, 1.54) is 0 Å². The Morgan fingerprint density at radius 1 is 1.25 bits per heavy atom. The van der Waals surface area contributed by atoms with E-state index in [1.54, 1.807) is 4.90 Å². The van der Waals surface area contributed by atoms with Crippen LogP contribution in [0, 0.1) is 5.41 Å². The van der Waals surface area contributed by atoms with Gasteiger partial charge in [0.2, 0.25) is 11.8 Å². The van der Waals surface area contributed by atoms with E-state index in [9.17, 15) is 9.59 Å². The number of rotatable bonds is 2. The summed E-state index contributed by atoms with van der Waals surface area (Å²) in [7, 11) is 0. The van der Waals surface area contributed by atoms with Gasteiger partial charge in [0.25, 0.3) is 0 Å². The van der Waals surface area contributed by atoms with Gasteiger partial charge in [-0.2, -0.15) is 0 Å². The number of benzene rings is 1. The lowest BCUT2D eigenvalue weighted by atomic mass is 9.95. The fourth-order valence-electron chi connectivity index (χ4n) is 2.15. The summed E-state index contributed by atoms with van der Waals surface area (Å²) in [5, 5.41) is 2.90. The van der Waals surface area contributed by atoms with Gasteiger partial charge in [-0.3, -0.25) is 9.59 Å². The van der Waals surface area contributed by atoms with Crippen molar-refractivity contribution in [3.63, 3.8) is 0 Å². The highest BCUT2D eigenvalue weighted by Crippen LogP contribution is 2.25. The number of amides is 2. The van der Waals surface area contributed by atoms with Crippen molar-refractivity contribution in [3.8, 4) is 0 Å². The van der Waals surface area contributed by atoms with E-state index in [1.807, 2.05) is 45.0 Å². The summed E-state index contributed by atoms with van der Waals surface area (Å²) in [6.45, 7) is 6.39. The van der Waals surface area contributed by atoms with Crippen LogP contribution in [0.25, 0.3) is 0 Å². The van der Waals surface area contributed by atoms with Crippen LogP contribution < -0.4 is 10.2 Å². The molecule has 0 saturated carbocycles. The number of carbonyl (C=O) groups is 2. The molecule has 0 unspecified atom stereocenters. The third-order valence-electron chi connectivity index (χ3n) is 3.42. The fourth-order valence-corrected chi connectivity index (χ4v) is 2.15. The van der Waals surface area contributed by atoms with Gasteiger partial charge in [-0.25, -0.2) is 0 Å². The minimum absolute atomic E-state index is 0.0281. The Bertz CT molecular complexity index is 517. The molecule has 1 aromatic carbocycles. The smallest absolute Gasteiger partial charge is 0.229 e. The summed E-state index contributed by atoms with van der Waals surface area (Å²) in [5.41, 5.74) is 1.17. The molecule has 0 spiro atoms. The average molecular weight is 274 g/mol. The maximum atomic E-state index is 12.0. The Hall–Kier alpha value is -1.84. The summed E-state index contributed by atoms with van der Waals surface area (Å²) in [6, 6.07) is 7.50. The Morgan fingerprint density at radius 3 is 2.65 bits per heavy atom. The Balaban J connectivity index is 2.15. The van der Waals surface area contributed by atoms with Crippen LogP contribution in [0.4, 0.5) is 11.4 Å². The number of anilines is 2. The van der Waals surface area contributed by atoms with Crippen LogP contribution in [0.15, 0.2) is 24.3 Å². The second-order valence-electron chi connectivity index (χ2n) is 6.26. The first kappa shape index (κ1) is 14.6. The maximum absolute atomic E-state index is 12.0. The van der Waals surface area contributed by atoms with Crippen LogP contribution in [0.5, 0.6) is 0 Å². The molecule has 1 heterocycles. The van der Waals surface area contributed by atoms with Crippen molar-refractivity contribution in [2.45, 2.75) is 40.0 Å². The van der Waals surface area contributed by atoms with Crippen LogP contribution in [0.1, 0.15) is 40.0 Å². The molecule has 1 aromatic rings. The van der Waals surface area contributed by atoms with Crippen molar-refractivity contribution >= 4 is 23.2 Å². The first-order valence-corrected chi connectivity index (χ1v) is 7.10. The van der Waals surface area contributed by atoms with Crippen molar-refractivity contribution in [3.05, 3.63) is 24.3 Å². The number of nitrogens with one attached hydrogen (secondary N) is 1. The van der Waals surface area contributed by atoms with E-state index in [2.05, 4.69) is 5.32 Å². The summed E-state index contributed by atoms with van der Waals surface area (Å²) >= 11 is 0. The molecule has 4 heteroatoms. The quantitative estimate of drug-likeness (QED) is 0.900. The molecule has 0 aliphatic carbocycles. The third kappa shape index (κ3) is 3.38. The first-order valence-electron chi connectivity index (χ1n) is 7.10. The van der Waals surface area contributed by atoms with Gasteiger partial charge in [0.05, 0.1) is 0 Å². The largest absolute Gasteiger partial charge is 0.326 e. The number of piperidine rings is 1. The highest BCUT2D eigenvalue weighted by atomic mass is 16.2. The summed E-state index contributed by atoms with van der Waals surface area (Å²) in [4.78, 5) is 25.7. The molecule has 1 N–H and O–H groups in total. The molecular weight excluding hydrogens is 252 g/mol. The number of hydrogen-bond acceptors (Lipinski definition) is 2. The molecule has 2 amide bonds. The molecule has 108 valence electrons. The zero-order valence-electron chi connectivity index (χ0n) is 12.4. The normalized spacial score (nSPS) is 16.1. The van der Waals surface area contributed by atoms with Crippen LogP contribution in [0.3, 0.4) is 0 Å². The Kier molecular flexibility index (Phi) is 4.12. The molecule has 0 aromatic heterocycles. The Morgan fingerprint density at radius 2 is 2.00 bits per heavy atom. The summed E-state index contributed by atoms with van der Waals surface area (Å²) in [6.07, 6.45) is 2.61. The van der Waals surface area contributed by atoms with E-state index in [0.717, 1.165) is 30.8 Å². The summed E-state index contributed by atoms with van der Waals surface area (Å²) < 4.78 is 0. The Labute approximate surface area is 120 Å². The predicted molar refractivity (Wildman–Crippen MR) is 80.7 cm³/mol. The van der Waals surface area contributed by atoms with Gasteiger partial charge in [0.15, 0.2) is 0 Å². The fraction of sp³-hybridized carbons (Fsp3) is 0.500. The molecule has 1 saturated heterocycles. The molecule has 0 bridgehead atoms. The highest BCUT2D eigenvalue weighted by Gasteiger charge is 2.22. The van der Waals surface area contributed by atoms with Gasteiger partial charge < -0.3 is 10.2 Å². The third-order valence-corrected chi connectivity index (χ3v) is 3.42. The van der Waals surface area contributed by atoms with Crippen LogP contribution in [-0.2, 0) is 9.59 Å². The lowest BCUT2D eigenvalue weighted by molar-refractivity contribution is -0.123. The van der Waals surface area contributed by atoms with Crippen LogP contribution in [0.2, 0.25) is 0 Å². The molecule has 4 nitrogen and oxygen atoms in total. The molecule has 1 aliphatic rings.